The summed E-state index contributed by atoms with van der Waals surface area (Å²) in [5.74, 6) is -1.21. The van der Waals surface area contributed by atoms with Crippen molar-refractivity contribution in [1.29, 1.82) is 0 Å². The van der Waals surface area contributed by atoms with E-state index in [1.807, 2.05) is 12.1 Å². The van der Waals surface area contributed by atoms with Crippen molar-refractivity contribution < 1.29 is 21.9 Å². The van der Waals surface area contributed by atoms with E-state index in [2.05, 4.69) is 59.3 Å². The molecule has 5 nitrogen and oxygen atoms in total. The van der Waals surface area contributed by atoms with Gasteiger partial charge in [0.05, 0.1) is 0 Å². The lowest BCUT2D eigenvalue weighted by molar-refractivity contribution is -0.128. The first-order valence-electron chi connectivity index (χ1n) is 5.86. The predicted molar refractivity (Wildman–Crippen MR) is 79.7 cm³/mol. The second kappa shape index (κ2) is 7.98. The molecule has 110 valence electrons. The Morgan fingerprint density at radius 3 is 1.57 bits per heavy atom. The highest BCUT2D eigenvalue weighted by Gasteiger charge is 2.07. The van der Waals surface area contributed by atoms with Crippen molar-refractivity contribution in [2.75, 3.05) is 0 Å². The van der Waals surface area contributed by atoms with Gasteiger partial charge in [0.25, 0.3) is 0 Å². The molecule has 0 aromatic heterocycles. The summed E-state index contributed by atoms with van der Waals surface area (Å²) in [5.41, 5.74) is 2.55. The number of benzene rings is 2. The summed E-state index contributed by atoms with van der Waals surface area (Å²) in [5, 5.41) is 0. The number of hydrogen-bond acceptors (Lipinski definition) is 4. The van der Waals surface area contributed by atoms with Gasteiger partial charge in [0.1, 0.15) is 0 Å². The van der Waals surface area contributed by atoms with Crippen LogP contribution in [0.15, 0.2) is 73.3 Å². The number of carbonyl (C=O) groups is 1. The fourth-order valence-electron chi connectivity index (χ4n) is 1.40. The second-order valence-corrected chi connectivity index (χ2v) is 4.79. The van der Waals surface area contributed by atoms with E-state index >= 15 is 0 Å². The Hall–Kier alpha value is -2.44. The Bertz CT molecular complexity index is 641. The van der Waals surface area contributed by atoms with Crippen LogP contribution in [0.25, 0.3) is 11.1 Å². The molecule has 2 aromatic rings. The van der Waals surface area contributed by atoms with Crippen LogP contribution in [0.4, 0.5) is 0 Å². The molecule has 0 bridgehead atoms. The lowest BCUT2D eigenvalue weighted by Crippen LogP contribution is -2.08. The molecule has 0 atom stereocenters. The van der Waals surface area contributed by atoms with Gasteiger partial charge in [-0.3, -0.25) is 4.55 Å². The molecule has 0 unspecified atom stereocenters. The Balaban J connectivity index is 0.000000222. The molecule has 6 heteroatoms. The van der Waals surface area contributed by atoms with Crippen LogP contribution in [0.3, 0.4) is 0 Å². The summed E-state index contributed by atoms with van der Waals surface area (Å²) in [7, 11) is -4.66. The molecule has 0 fully saturated rings. The van der Waals surface area contributed by atoms with Crippen molar-refractivity contribution in [2.24, 2.45) is 0 Å². The zero-order valence-corrected chi connectivity index (χ0v) is 11.9. The van der Waals surface area contributed by atoms with Crippen LogP contribution in [0, 0.1) is 0 Å². The maximum Gasteiger partial charge on any atom is 0.449 e. The van der Waals surface area contributed by atoms with E-state index in [0.717, 1.165) is 0 Å². The van der Waals surface area contributed by atoms with Gasteiger partial charge in [-0.25, -0.2) is 4.79 Å². The summed E-state index contributed by atoms with van der Waals surface area (Å²) < 4.78 is 30.5. The Morgan fingerprint density at radius 1 is 0.952 bits per heavy atom. The third-order valence-electron chi connectivity index (χ3n) is 2.24. The number of rotatable bonds is 3. The minimum Gasteiger partial charge on any atom is -0.321 e. The Kier molecular flexibility index (Phi) is 6.32. The van der Waals surface area contributed by atoms with Gasteiger partial charge in [0.2, 0.25) is 0 Å². The second-order valence-electron chi connectivity index (χ2n) is 3.77. The summed E-state index contributed by atoms with van der Waals surface area (Å²) in [6.45, 7) is 2.89. The summed E-state index contributed by atoms with van der Waals surface area (Å²) >= 11 is 0. The van der Waals surface area contributed by atoms with Crippen LogP contribution in [-0.2, 0) is 19.4 Å². The molecule has 0 spiro atoms. The van der Waals surface area contributed by atoms with Crippen molar-refractivity contribution in [1.82, 2.24) is 0 Å². The van der Waals surface area contributed by atoms with E-state index in [-0.39, 0.29) is 0 Å². The van der Waals surface area contributed by atoms with Crippen molar-refractivity contribution >= 4 is 16.4 Å². The van der Waals surface area contributed by atoms with E-state index in [4.69, 9.17) is 4.55 Å². The zero-order chi connectivity index (χ0) is 15.7. The highest BCUT2D eigenvalue weighted by Crippen LogP contribution is 2.17. The average molecular weight is 306 g/mol. The third-order valence-corrected chi connectivity index (χ3v) is 2.61. The molecular weight excluding hydrogens is 292 g/mol. The van der Waals surface area contributed by atoms with Crippen LogP contribution in [0.5, 0.6) is 0 Å². The van der Waals surface area contributed by atoms with Crippen LogP contribution in [0.1, 0.15) is 0 Å². The fourth-order valence-corrected chi connectivity index (χ4v) is 1.67. The van der Waals surface area contributed by atoms with Gasteiger partial charge in [-0.2, -0.15) is 8.42 Å². The van der Waals surface area contributed by atoms with Gasteiger partial charge in [-0.05, 0) is 11.1 Å². The minimum atomic E-state index is -4.66. The van der Waals surface area contributed by atoms with Crippen LogP contribution in [-0.4, -0.2) is 18.9 Å². The monoisotopic (exact) mass is 306 g/mol. The fraction of sp³-hybridized carbons (Fsp3) is 0. The van der Waals surface area contributed by atoms with Crippen LogP contribution < -0.4 is 0 Å². The molecule has 0 saturated carbocycles. The maximum atomic E-state index is 9.95. The first kappa shape index (κ1) is 16.6. The highest BCUT2D eigenvalue weighted by molar-refractivity contribution is 7.81. The molecule has 0 heterocycles. The predicted octanol–water partition coefficient (Wildman–Crippen LogP) is 2.87. The molecule has 2 rings (SSSR count). The Morgan fingerprint density at radius 2 is 1.33 bits per heavy atom. The van der Waals surface area contributed by atoms with Crippen molar-refractivity contribution in [3.63, 3.8) is 0 Å². The molecule has 1 N–H and O–H groups in total. The van der Waals surface area contributed by atoms with Crippen molar-refractivity contribution in [3.05, 3.63) is 73.3 Å². The lowest BCUT2D eigenvalue weighted by atomic mass is 10.1. The molecule has 0 amide bonds. The van der Waals surface area contributed by atoms with Crippen LogP contribution in [0.2, 0.25) is 0 Å². The van der Waals surface area contributed by atoms with E-state index < -0.39 is 16.4 Å². The van der Waals surface area contributed by atoms with Gasteiger partial charge >= 0.3 is 16.4 Å². The van der Waals surface area contributed by atoms with Gasteiger partial charge in [-0.15, -0.1) is 0 Å². The standard InChI is InChI=1S/C12H10.C3H4O5S/c1-3-7-11(8-4-1)12-9-5-2-6-10-12;1-2-3(4)8-9(5,6)7/h1-10H;2H,1H2,(H,5,6,7). The van der Waals surface area contributed by atoms with Gasteiger partial charge < -0.3 is 4.18 Å². The van der Waals surface area contributed by atoms with E-state index in [9.17, 15) is 13.2 Å². The lowest BCUT2D eigenvalue weighted by Gasteiger charge is -1.98. The first-order chi connectivity index (χ1) is 9.92. The normalized spacial score (nSPS) is 9.95. The molecule has 0 aliphatic heterocycles. The molecule has 21 heavy (non-hydrogen) atoms. The summed E-state index contributed by atoms with van der Waals surface area (Å²) in [6, 6.07) is 20.8. The molecular formula is C15H14O5S. The van der Waals surface area contributed by atoms with Gasteiger partial charge in [0.15, 0.2) is 0 Å². The molecule has 0 aliphatic carbocycles. The van der Waals surface area contributed by atoms with Crippen molar-refractivity contribution in [3.8, 4) is 11.1 Å². The number of carbonyl (C=O) groups excluding carboxylic acids is 1. The SMILES string of the molecule is C=CC(=O)OS(=O)(=O)O.c1ccc(-c2ccccc2)cc1. The van der Waals surface area contributed by atoms with E-state index in [1.165, 1.54) is 11.1 Å². The first-order valence-corrected chi connectivity index (χ1v) is 7.22. The summed E-state index contributed by atoms with van der Waals surface area (Å²) in [6.07, 6.45) is 0.619. The van der Waals surface area contributed by atoms with E-state index in [1.54, 1.807) is 0 Å². The average Bonchev–Trinajstić information content (AvgIpc) is 2.48. The zero-order valence-electron chi connectivity index (χ0n) is 11.0. The van der Waals surface area contributed by atoms with Gasteiger partial charge in [0, 0.05) is 6.08 Å². The quantitative estimate of drug-likeness (QED) is 0.696. The third kappa shape index (κ3) is 7.05. The minimum absolute atomic E-state index is 0.619. The van der Waals surface area contributed by atoms with Crippen molar-refractivity contribution in [2.45, 2.75) is 0 Å². The molecule has 0 aliphatic rings. The topological polar surface area (TPSA) is 80.7 Å². The summed E-state index contributed by atoms with van der Waals surface area (Å²) in [4.78, 5) is 9.95. The number of hydrogen-bond donors (Lipinski definition) is 1. The molecule has 0 radical (unpaired) electrons. The maximum absolute atomic E-state index is 9.95. The highest BCUT2D eigenvalue weighted by atomic mass is 32.3. The van der Waals surface area contributed by atoms with Gasteiger partial charge in [-0.1, -0.05) is 67.2 Å². The molecule has 0 saturated heterocycles. The smallest absolute Gasteiger partial charge is 0.321 e. The molecule has 2 aromatic carbocycles. The van der Waals surface area contributed by atoms with E-state index in [0.29, 0.717) is 6.08 Å². The largest absolute Gasteiger partial charge is 0.449 e. The van der Waals surface area contributed by atoms with Crippen LogP contribution >= 0.6 is 0 Å². The Labute approximate surface area is 123 Å².